The average Bonchev–Trinajstić information content (AvgIpc) is 3.19. The molecule has 2 aromatic rings. The maximum Gasteiger partial charge on any atom is 0.305 e. The van der Waals surface area contributed by atoms with Gasteiger partial charge in [-0.05, 0) is 48.5 Å². The smallest absolute Gasteiger partial charge is 0.305 e. The Morgan fingerprint density at radius 2 is 2.15 bits per heavy atom. The second-order valence-corrected chi connectivity index (χ2v) is 9.38. The van der Waals surface area contributed by atoms with Crippen LogP contribution in [-0.4, -0.2) is 10.2 Å². The van der Waals surface area contributed by atoms with Crippen LogP contribution >= 0.6 is 34.4 Å². The number of hydrogen-bond acceptors (Lipinski definition) is 4. The molecule has 0 radical (unpaired) electrons. The van der Waals surface area contributed by atoms with Crippen molar-refractivity contribution >= 4 is 34.4 Å². The first kappa shape index (κ1) is 12.1. The third-order valence-corrected chi connectivity index (χ3v) is 8.89. The van der Waals surface area contributed by atoms with E-state index in [1.54, 1.807) is 0 Å². The Labute approximate surface area is 129 Å². The van der Waals surface area contributed by atoms with Gasteiger partial charge in [0.05, 0.1) is 5.03 Å². The molecule has 2 aromatic heterocycles. The van der Waals surface area contributed by atoms with Crippen molar-refractivity contribution in [2.45, 2.75) is 35.5 Å². The molecule has 5 heteroatoms. The predicted molar refractivity (Wildman–Crippen MR) is 85.1 cm³/mol. The maximum absolute atomic E-state index is 11.8. The molecule has 1 N–H and O–H groups in total. The van der Waals surface area contributed by atoms with Crippen LogP contribution < -0.4 is 4.87 Å². The van der Waals surface area contributed by atoms with Gasteiger partial charge < -0.3 is 4.98 Å². The summed E-state index contributed by atoms with van der Waals surface area (Å²) in [6, 6.07) is 4.42. The van der Waals surface area contributed by atoms with Crippen molar-refractivity contribution in [2.75, 3.05) is 0 Å². The maximum atomic E-state index is 11.8. The molecule has 2 fully saturated rings. The number of aromatic nitrogens is 1. The van der Waals surface area contributed by atoms with Crippen LogP contribution in [0, 0.1) is 17.8 Å². The molecule has 5 rings (SSSR count). The number of rotatable bonds is 1. The van der Waals surface area contributed by atoms with Gasteiger partial charge in [-0.2, -0.15) is 0 Å². The van der Waals surface area contributed by atoms with Gasteiger partial charge in [-0.25, -0.2) is 0 Å². The molecule has 104 valence electrons. The van der Waals surface area contributed by atoms with Gasteiger partial charge in [-0.15, -0.1) is 23.1 Å². The van der Waals surface area contributed by atoms with E-state index in [0.29, 0.717) is 5.92 Å². The van der Waals surface area contributed by atoms with Crippen molar-refractivity contribution in [3.05, 3.63) is 36.9 Å². The minimum absolute atomic E-state index is 0.122. The second-order valence-electron chi connectivity index (χ2n) is 6.19. The lowest BCUT2D eigenvalue weighted by Gasteiger charge is -2.39. The molecule has 0 aromatic carbocycles. The van der Waals surface area contributed by atoms with Crippen LogP contribution in [0.15, 0.2) is 27.3 Å². The SMILES string of the molecule is O=c1[nH]c2c(s1)[C@H](c1cccs1)[C@@H]1[C@H]3CC[C@@H](C3)[C@H]1S2. The molecule has 1 aliphatic heterocycles. The summed E-state index contributed by atoms with van der Waals surface area (Å²) in [5.41, 5.74) is 0. The minimum Gasteiger partial charge on any atom is -0.307 e. The topological polar surface area (TPSA) is 32.9 Å². The highest BCUT2D eigenvalue weighted by molar-refractivity contribution is 8.00. The monoisotopic (exact) mass is 321 g/mol. The molecule has 5 atom stereocenters. The van der Waals surface area contributed by atoms with Crippen LogP contribution in [0.4, 0.5) is 0 Å². The van der Waals surface area contributed by atoms with Gasteiger partial charge in [0.1, 0.15) is 0 Å². The standard InChI is InChI=1S/C15H15NOS3/c17-15-16-14-13(20-15)11(9-2-1-5-18-9)10-7-3-4-8(6-7)12(10)19-14/h1-2,5,7-8,10-12H,3-4,6H2,(H,16,17)/t7-,8-,10-,11+,12+/m0/s1. The molecule has 3 heterocycles. The number of thiophene rings is 1. The molecule has 0 spiro atoms. The Balaban J connectivity index is 1.71. The lowest BCUT2D eigenvalue weighted by Crippen LogP contribution is -2.33. The molecule has 0 saturated heterocycles. The first-order chi connectivity index (χ1) is 9.81. The number of hydrogen-bond donors (Lipinski definition) is 1. The fourth-order valence-electron chi connectivity index (χ4n) is 4.64. The molecule has 0 amide bonds. The zero-order valence-corrected chi connectivity index (χ0v) is 13.3. The lowest BCUT2D eigenvalue weighted by atomic mass is 9.77. The summed E-state index contributed by atoms with van der Waals surface area (Å²) in [5.74, 6) is 3.01. The molecule has 2 bridgehead atoms. The van der Waals surface area contributed by atoms with Gasteiger partial charge in [0.25, 0.3) is 0 Å². The summed E-state index contributed by atoms with van der Waals surface area (Å²) in [5, 5.41) is 4.08. The number of H-pyrrole nitrogens is 1. The van der Waals surface area contributed by atoms with Gasteiger partial charge in [0, 0.05) is 20.9 Å². The molecule has 2 nitrogen and oxygen atoms in total. The molecule has 20 heavy (non-hydrogen) atoms. The number of nitrogens with one attached hydrogen (secondary N) is 1. The van der Waals surface area contributed by atoms with Crippen LogP contribution in [0.1, 0.15) is 34.9 Å². The fraction of sp³-hybridized carbons (Fsp3) is 0.533. The van der Waals surface area contributed by atoms with E-state index in [4.69, 9.17) is 0 Å². The molecule has 3 aliphatic rings. The first-order valence-corrected chi connectivity index (χ1v) is 9.82. The zero-order chi connectivity index (χ0) is 13.3. The molecule has 0 unspecified atom stereocenters. The highest BCUT2D eigenvalue weighted by Gasteiger charge is 2.54. The van der Waals surface area contributed by atoms with Gasteiger partial charge in [0.15, 0.2) is 0 Å². The Hall–Kier alpha value is -0.520. The predicted octanol–water partition coefficient (Wildman–Crippen LogP) is 4.15. The Bertz CT molecular complexity index is 701. The van der Waals surface area contributed by atoms with Crippen molar-refractivity contribution < 1.29 is 0 Å². The van der Waals surface area contributed by atoms with Crippen LogP contribution in [0.2, 0.25) is 0 Å². The summed E-state index contributed by atoms with van der Waals surface area (Å²) in [4.78, 5) is 17.8. The summed E-state index contributed by atoms with van der Waals surface area (Å²) < 4.78 is 0. The van der Waals surface area contributed by atoms with Crippen LogP contribution in [0.3, 0.4) is 0 Å². The minimum atomic E-state index is 0.122. The van der Waals surface area contributed by atoms with E-state index >= 15 is 0 Å². The van der Waals surface area contributed by atoms with Crippen molar-refractivity contribution in [3.63, 3.8) is 0 Å². The highest BCUT2D eigenvalue weighted by Crippen LogP contribution is 2.63. The normalized spacial score (nSPS) is 37.9. The van der Waals surface area contributed by atoms with E-state index < -0.39 is 0 Å². The van der Waals surface area contributed by atoms with Crippen molar-refractivity contribution in [2.24, 2.45) is 17.8 Å². The Morgan fingerprint density at radius 1 is 1.25 bits per heavy atom. The lowest BCUT2D eigenvalue weighted by molar-refractivity contribution is 0.310. The van der Waals surface area contributed by atoms with E-state index in [1.165, 1.54) is 45.4 Å². The van der Waals surface area contributed by atoms with E-state index in [1.807, 2.05) is 23.1 Å². The quantitative estimate of drug-likeness (QED) is 0.856. The molecular formula is C15H15NOS3. The van der Waals surface area contributed by atoms with E-state index in [-0.39, 0.29) is 4.87 Å². The Morgan fingerprint density at radius 3 is 3.00 bits per heavy atom. The summed E-state index contributed by atoms with van der Waals surface area (Å²) in [6.45, 7) is 0. The van der Waals surface area contributed by atoms with Gasteiger partial charge in [-0.3, -0.25) is 4.79 Å². The fourth-order valence-corrected chi connectivity index (χ4v) is 8.49. The third kappa shape index (κ3) is 1.54. The first-order valence-electron chi connectivity index (χ1n) is 7.24. The molecular weight excluding hydrogens is 306 g/mol. The number of fused-ring (bicyclic) bond motifs is 6. The summed E-state index contributed by atoms with van der Waals surface area (Å²) in [6.07, 6.45) is 4.23. The van der Waals surface area contributed by atoms with Crippen molar-refractivity contribution in [3.8, 4) is 0 Å². The summed E-state index contributed by atoms with van der Waals surface area (Å²) >= 11 is 5.28. The number of thioether (sulfide) groups is 1. The zero-order valence-electron chi connectivity index (χ0n) is 10.9. The molecule has 2 saturated carbocycles. The van der Waals surface area contributed by atoms with Gasteiger partial charge in [-0.1, -0.05) is 17.4 Å². The average molecular weight is 321 g/mol. The number of thiazole rings is 1. The van der Waals surface area contributed by atoms with Crippen LogP contribution in [0.5, 0.6) is 0 Å². The van der Waals surface area contributed by atoms with E-state index in [0.717, 1.165) is 23.0 Å². The van der Waals surface area contributed by atoms with E-state index in [2.05, 4.69) is 22.5 Å². The van der Waals surface area contributed by atoms with Gasteiger partial charge >= 0.3 is 4.87 Å². The number of aromatic amines is 1. The summed E-state index contributed by atoms with van der Waals surface area (Å²) in [7, 11) is 0. The Kier molecular flexibility index (Phi) is 2.56. The van der Waals surface area contributed by atoms with Crippen molar-refractivity contribution in [1.82, 2.24) is 4.98 Å². The second kappa shape index (κ2) is 4.24. The largest absolute Gasteiger partial charge is 0.307 e. The van der Waals surface area contributed by atoms with E-state index in [9.17, 15) is 4.79 Å². The third-order valence-electron chi connectivity index (χ3n) is 5.32. The highest BCUT2D eigenvalue weighted by atomic mass is 32.2. The molecule has 2 aliphatic carbocycles. The van der Waals surface area contributed by atoms with Gasteiger partial charge in [0.2, 0.25) is 0 Å². The van der Waals surface area contributed by atoms with Crippen molar-refractivity contribution in [1.29, 1.82) is 0 Å². The van der Waals surface area contributed by atoms with Crippen LogP contribution in [-0.2, 0) is 0 Å². The van der Waals surface area contributed by atoms with Crippen LogP contribution in [0.25, 0.3) is 0 Å².